The average Bonchev–Trinajstić information content (AvgIpc) is 2.88. The van der Waals surface area contributed by atoms with E-state index in [2.05, 4.69) is 25.6 Å². The third kappa shape index (κ3) is 5.39. The van der Waals surface area contributed by atoms with Crippen LogP contribution in [0.2, 0.25) is 0 Å². The van der Waals surface area contributed by atoms with Gasteiger partial charge in [0, 0.05) is 30.3 Å². The Labute approximate surface area is 207 Å². The maximum Gasteiger partial charge on any atom is 0.235 e. The van der Waals surface area contributed by atoms with Crippen LogP contribution >= 0.6 is 11.8 Å². The smallest absolute Gasteiger partial charge is 0.235 e. The van der Waals surface area contributed by atoms with Crippen molar-refractivity contribution in [1.82, 2.24) is 20.3 Å². The predicted molar refractivity (Wildman–Crippen MR) is 134 cm³/mol. The molecule has 4 heterocycles. The molecule has 1 amide bonds. The van der Waals surface area contributed by atoms with Gasteiger partial charge in [0.15, 0.2) is 0 Å². The number of thioether (sulfide) groups is 1. The van der Waals surface area contributed by atoms with Gasteiger partial charge in [-0.25, -0.2) is 14.4 Å². The SMILES string of the molecule is COc1ccc2ncc(F)c(C[C@@H](N)[C@H]3CC[C@H](NCc4ccc5c(n4)NC(=O)CS5)CC3)c2n1. The van der Waals surface area contributed by atoms with Crippen molar-refractivity contribution >= 4 is 34.5 Å². The molecule has 0 radical (unpaired) electrons. The summed E-state index contributed by atoms with van der Waals surface area (Å²) in [5.74, 6) is 1.45. The molecule has 1 saturated carbocycles. The van der Waals surface area contributed by atoms with E-state index in [-0.39, 0.29) is 17.8 Å². The number of carbonyl (C=O) groups is 1. The Morgan fingerprint density at radius 3 is 2.86 bits per heavy atom. The van der Waals surface area contributed by atoms with Crippen LogP contribution in [0.4, 0.5) is 10.2 Å². The molecule has 5 rings (SSSR count). The second-order valence-electron chi connectivity index (χ2n) is 9.15. The summed E-state index contributed by atoms with van der Waals surface area (Å²) in [6.07, 6.45) is 5.62. The summed E-state index contributed by atoms with van der Waals surface area (Å²) in [6, 6.07) is 7.76. The van der Waals surface area contributed by atoms with E-state index < -0.39 is 0 Å². The lowest BCUT2D eigenvalue weighted by atomic mass is 9.80. The fraction of sp³-hybridized carbons (Fsp3) is 0.440. The van der Waals surface area contributed by atoms with Gasteiger partial charge in [-0.3, -0.25) is 9.78 Å². The molecule has 4 N–H and O–H groups in total. The van der Waals surface area contributed by atoms with Crippen LogP contribution in [0.25, 0.3) is 11.0 Å². The summed E-state index contributed by atoms with van der Waals surface area (Å²) in [6.45, 7) is 0.650. The number of nitrogens with two attached hydrogens (primary N) is 1. The molecule has 1 fully saturated rings. The van der Waals surface area contributed by atoms with Crippen LogP contribution in [0.1, 0.15) is 36.9 Å². The molecule has 3 aromatic rings. The first-order chi connectivity index (χ1) is 17.0. The van der Waals surface area contributed by atoms with Crippen LogP contribution in [-0.4, -0.2) is 45.8 Å². The van der Waals surface area contributed by atoms with Gasteiger partial charge < -0.3 is 21.1 Å². The molecule has 1 aliphatic heterocycles. The molecule has 10 heteroatoms. The van der Waals surface area contributed by atoms with E-state index in [0.717, 1.165) is 36.3 Å². The van der Waals surface area contributed by atoms with Gasteiger partial charge in [-0.2, -0.15) is 0 Å². The third-order valence-electron chi connectivity index (χ3n) is 6.87. The highest BCUT2D eigenvalue weighted by atomic mass is 32.2. The zero-order valence-electron chi connectivity index (χ0n) is 19.6. The Morgan fingerprint density at radius 1 is 1.23 bits per heavy atom. The summed E-state index contributed by atoms with van der Waals surface area (Å²) >= 11 is 1.51. The molecular weight excluding hydrogens is 467 g/mol. The summed E-state index contributed by atoms with van der Waals surface area (Å²) in [5, 5.41) is 6.44. The van der Waals surface area contributed by atoms with Crippen LogP contribution in [0, 0.1) is 11.7 Å². The van der Waals surface area contributed by atoms with Crippen molar-refractivity contribution < 1.29 is 13.9 Å². The molecular formula is C25H29FN6O2S. The largest absolute Gasteiger partial charge is 0.481 e. The first kappa shape index (κ1) is 23.9. The molecule has 0 unspecified atom stereocenters. The number of aromatic nitrogens is 3. The van der Waals surface area contributed by atoms with Gasteiger partial charge >= 0.3 is 0 Å². The Balaban J connectivity index is 1.16. The first-order valence-electron chi connectivity index (χ1n) is 11.9. The number of hydrogen-bond acceptors (Lipinski definition) is 8. The van der Waals surface area contributed by atoms with E-state index in [9.17, 15) is 9.18 Å². The Hall–Kier alpha value is -2.82. The Morgan fingerprint density at radius 2 is 2.06 bits per heavy atom. The maximum absolute atomic E-state index is 14.7. The van der Waals surface area contributed by atoms with Crippen LogP contribution in [-0.2, 0) is 17.8 Å². The summed E-state index contributed by atoms with van der Waals surface area (Å²) < 4.78 is 19.9. The zero-order valence-corrected chi connectivity index (χ0v) is 20.4. The van der Waals surface area contributed by atoms with Crippen molar-refractivity contribution in [3.05, 3.63) is 47.5 Å². The van der Waals surface area contributed by atoms with Crippen molar-refractivity contribution in [3.63, 3.8) is 0 Å². The topological polar surface area (TPSA) is 115 Å². The highest BCUT2D eigenvalue weighted by Crippen LogP contribution is 2.31. The molecule has 8 nitrogen and oxygen atoms in total. The number of nitrogens with one attached hydrogen (secondary N) is 2. The van der Waals surface area contributed by atoms with Crippen molar-refractivity contribution in [2.45, 2.75) is 55.6 Å². The number of ether oxygens (including phenoxy) is 1. The van der Waals surface area contributed by atoms with Crippen molar-refractivity contribution in [2.24, 2.45) is 11.7 Å². The lowest BCUT2D eigenvalue weighted by molar-refractivity contribution is -0.113. The minimum absolute atomic E-state index is 0.00988. The van der Waals surface area contributed by atoms with Gasteiger partial charge in [-0.15, -0.1) is 11.8 Å². The molecule has 3 aromatic heterocycles. The molecule has 35 heavy (non-hydrogen) atoms. The number of anilines is 1. The lowest BCUT2D eigenvalue weighted by Gasteiger charge is -2.33. The summed E-state index contributed by atoms with van der Waals surface area (Å²) in [7, 11) is 1.54. The maximum atomic E-state index is 14.7. The number of carbonyl (C=O) groups excluding carboxylic acids is 1. The molecule has 1 atom stereocenters. The van der Waals surface area contributed by atoms with Crippen molar-refractivity contribution in [3.8, 4) is 5.88 Å². The minimum Gasteiger partial charge on any atom is -0.481 e. The second-order valence-corrected chi connectivity index (χ2v) is 10.2. The predicted octanol–water partition coefficient (Wildman–Crippen LogP) is 3.44. The highest BCUT2D eigenvalue weighted by Gasteiger charge is 2.27. The molecule has 0 aromatic carbocycles. The fourth-order valence-electron chi connectivity index (χ4n) is 4.89. The van der Waals surface area contributed by atoms with Crippen LogP contribution in [0.5, 0.6) is 5.88 Å². The molecule has 1 aliphatic carbocycles. The van der Waals surface area contributed by atoms with Gasteiger partial charge in [0.25, 0.3) is 0 Å². The number of hydrogen-bond donors (Lipinski definition) is 3. The highest BCUT2D eigenvalue weighted by molar-refractivity contribution is 8.00. The molecule has 0 spiro atoms. The Kier molecular flexibility index (Phi) is 7.12. The zero-order chi connectivity index (χ0) is 24.4. The van der Waals surface area contributed by atoms with Crippen LogP contribution in [0.15, 0.2) is 35.4 Å². The van der Waals surface area contributed by atoms with Gasteiger partial charge in [0.05, 0.1) is 40.7 Å². The first-order valence-corrected chi connectivity index (χ1v) is 12.9. The normalized spacial score (nSPS) is 20.8. The third-order valence-corrected chi connectivity index (χ3v) is 7.92. The Bertz CT molecular complexity index is 1230. The van der Waals surface area contributed by atoms with Gasteiger partial charge in [0.1, 0.15) is 11.6 Å². The van der Waals surface area contributed by atoms with E-state index in [0.29, 0.717) is 59.0 Å². The summed E-state index contributed by atoms with van der Waals surface area (Å²) in [4.78, 5) is 25.8. The van der Waals surface area contributed by atoms with E-state index in [4.69, 9.17) is 10.5 Å². The fourth-order valence-corrected chi connectivity index (χ4v) is 5.65. The van der Waals surface area contributed by atoms with Crippen molar-refractivity contribution in [1.29, 1.82) is 0 Å². The van der Waals surface area contributed by atoms with Crippen molar-refractivity contribution in [2.75, 3.05) is 18.2 Å². The number of halogens is 1. The minimum atomic E-state index is -0.379. The number of methoxy groups -OCH3 is 1. The van der Waals surface area contributed by atoms with Crippen LogP contribution < -0.4 is 21.1 Å². The molecule has 2 aliphatic rings. The van der Waals surface area contributed by atoms with Gasteiger partial charge in [-0.1, -0.05) is 0 Å². The number of pyridine rings is 3. The quantitative estimate of drug-likeness (QED) is 0.456. The van der Waals surface area contributed by atoms with E-state index in [1.165, 1.54) is 25.1 Å². The van der Waals surface area contributed by atoms with Crippen LogP contribution in [0.3, 0.4) is 0 Å². The van der Waals surface area contributed by atoms with Gasteiger partial charge in [-0.05, 0) is 56.2 Å². The summed E-state index contributed by atoms with van der Waals surface area (Å²) in [5.41, 5.74) is 9.15. The molecule has 184 valence electrons. The van der Waals surface area contributed by atoms with Gasteiger partial charge in [0.2, 0.25) is 11.8 Å². The van der Waals surface area contributed by atoms with E-state index in [1.807, 2.05) is 12.1 Å². The van der Waals surface area contributed by atoms with E-state index >= 15 is 0 Å². The monoisotopic (exact) mass is 496 g/mol. The number of amides is 1. The molecule has 0 saturated heterocycles. The number of fused-ring (bicyclic) bond motifs is 2. The lowest BCUT2D eigenvalue weighted by Crippen LogP contribution is -2.40. The van der Waals surface area contributed by atoms with E-state index in [1.54, 1.807) is 12.1 Å². The number of nitrogens with zero attached hydrogens (tertiary/aromatic N) is 3. The second kappa shape index (κ2) is 10.4. The molecule has 0 bridgehead atoms. The standard InChI is InChI=1S/C25H29FN6O2S/c1-34-23-9-7-20-24(32-23)17(18(26)12-29-20)10-19(27)14-2-4-15(5-3-14)28-11-16-6-8-21-25(30-16)31-22(33)13-35-21/h6-9,12,14-15,19,28H,2-5,10-11,13,27H2,1H3,(H,30,31,33)/t14-,15-,19-/m1/s1. The average molecular weight is 497 g/mol. The number of rotatable bonds is 7.